The van der Waals surface area contributed by atoms with Crippen LogP contribution in [0.1, 0.15) is 6.92 Å². The number of thiocarbonyl (C=S) groups is 1. The number of nitrogens with two attached hydrogens (primary N) is 1. The number of esters is 1. The van der Waals surface area contributed by atoms with E-state index in [4.69, 9.17) is 5.73 Å². The first-order chi connectivity index (χ1) is 6.37. The highest BCUT2D eigenvalue weighted by Crippen LogP contribution is 1.85. The largest absolute Gasteiger partial charge is 0.465 e. The summed E-state index contributed by atoms with van der Waals surface area (Å²) in [7, 11) is -3.61. The van der Waals surface area contributed by atoms with E-state index in [1.54, 1.807) is 6.92 Å². The predicted molar refractivity (Wildman–Crippen MR) is 55.2 cm³/mol. The summed E-state index contributed by atoms with van der Waals surface area (Å²) < 4.78 is 28.6. The zero-order valence-electron chi connectivity index (χ0n) is 7.65. The van der Waals surface area contributed by atoms with Gasteiger partial charge in [-0.05, 0) is 6.92 Å². The Labute approximate surface area is 87.8 Å². The van der Waals surface area contributed by atoms with Crippen LogP contribution in [0.25, 0.3) is 0 Å². The Morgan fingerprint density at radius 1 is 1.57 bits per heavy atom. The third-order valence-electron chi connectivity index (χ3n) is 1.07. The summed E-state index contributed by atoms with van der Waals surface area (Å²) >= 11 is 4.42. The van der Waals surface area contributed by atoms with E-state index < -0.39 is 28.3 Å². The van der Waals surface area contributed by atoms with Crippen molar-refractivity contribution in [2.75, 3.05) is 18.9 Å². The molecule has 82 valence electrons. The van der Waals surface area contributed by atoms with Gasteiger partial charge in [0, 0.05) is 0 Å². The molecule has 0 aliphatic heterocycles. The first-order valence-electron chi connectivity index (χ1n) is 3.78. The van der Waals surface area contributed by atoms with E-state index >= 15 is 0 Å². The fourth-order valence-corrected chi connectivity index (χ4v) is 1.90. The molecule has 0 spiro atoms. The molecule has 3 N–H and O–H groups in total. The van der Waals surface area contributed by atoms with Crippen LogP contribution in [0.15, 0.2) is 0 Å². The van der Waals surface area contributed by atoms with Gasteiger partial charge in [-0.15, -0.1) is 0 Å². The van der Waals surface area contributed by atoms with Crippen molar-refractivity contribution >= 4 is 33.2 Å². The number of nitrogens with one attached hydrogen (secondary N) is 1. The summed E-state index contributed by atoms with van der Waals surface area (Å²) in [6.45, 7) is 1.43. The second kappa shape index (κ2) is 5.89. The fraction of sp³-hybridized carbons (Fsp3) is 0.667. The van der Waals surface area contributed by atoms with E-state index in [0.29, 0.717) is 0 Å². The predicted octanol–water partition coefficient (Wildman–Crippen LogP) is -1.24. The van der Waals surface area contributed by atoms with E-state index in [1.807, 2.05) is 4.72 Å². The molecular formula is C6H12N2O4S2. The average Bonchev–Trinajstić information content (AvgIpc) is 1.99. The van der Waals surface area contributed by atoms with E-state index in [-0.39, 0.29) is 11.6 Å². The molecule has 0 unspecified atom stereocenters. The maximum atomic E-state index is 11.1. The molecule has 0 amide bonds. The van der Waals surface area contributed by atoms with E-state index in [0.717, 1.165) is 0 Å². The standard InChI is InChI=1S/C6H12N2O4S2/c1-2-12-6(9)3-8-14(10,11)4-5(7)13/h8H,2-4H2,1H3,(H2,7,13). The van der Waals surface area contributed by atoms with Crippen LogP contribution in [0.2, 0.25) is 0 Å². The summed E-state index contributed by atoms with van der Waals surface area (Å²) in [5, 5.41) is 0. The quantitative estimate of drug-likeness (QED) is 0.445. The van der Waals surface area contributed by atoms with Crippen LogP contribution >= 0.6 is 12.2 Å². The van der Waals surface area contributed by atoms with Crippen molar-refractivity contribution in [1.82, 2.24) is 4.72 Å². The summed E-state index contributed by atoms with van der Waals surface area (Å²) in [4.78, 5) is 10.6. The molecule has 0 aromatic rings. The van der Waals surface area contributed by atoms with Crippen molar-refractivity contribution < 1.29 is 17.9 Å². The van der Waals surface area contributed by atoms with Crippen LogP contribution in [-0.2, 0) is 19.6 Å². The minimum Gasteiger partial charge on any atom is -0.465 e. The number of sulfonamides is 1. The van der Waals surface area contributed by atoms with Gasteiger partial charge in [-0.3, -0.25) is 4.79 Å². The summed E-state index contributed by atoms with van der Waals surface area (Å²) in [6, 6.07) is 0. The first-order valence-corrected chi connectivity index (χ1v) is 5.84. The maximum absolute atomic E-state index is 11.1. The van der Waals surface area contributed by atoms with E-state index in [1.165, 1.54) is 0 Å². The van der Waals surface area contributed by atoms with Crippen molar-refractivity contribution in [1.29, 1.82) is 0 Å². The number of hydrogen-bond acceptors (Lipinski definition) is 5. The fourth-order valence-electron chi connectivity index (χ4n) is 0.619. The molecule has 6 nitrogen and oxygen atoms in total. The first kappa shape index (κ1) is 13.3. The highest BCUT2D eigenvalue weighted by Gasteiger charge is 2.13. The Morgan fingerprint density at radius 3 is 2.57 bits per heavy atom. The third-order valence-corrected chi connectivity index (χ3v) is 2.68. The Balaban J connectivity index is 4.00. The van der Waals surface area contributed by atoms with E-state index in [9.17, 15) is 13.2 Å². The Hall–Kier alpha value is -0.730. The number of rotatable bonds is 6. The molecule has 0 aromatic carbocycles. The van der Waals surface area contributed by atoms with Crippen molar-refractivity contribution in [3.63, 3.8) is 0 Å². The van der Waals surface area contributed by atoms with Crippen LogP contribution < -0.4 is 10.5 Å². The van der Waals surface area contributed by atoms with Gasteiger partial charge in [0.15, 0.2) is 0 Å². The highest BCUT2D eigenvalue weighted by atomic mass is 32.2. The SMILES string of the molecule is CCOC(=O)CNS(=O)(=O)CC(N)=S. The topological polar surface area (TPSA) is 98.5 Å². The minimum absolute atomic E-state index is 0.152. The minimum atomic E-state index is -3.61. The normalized spacial score (nSPS) is 10.9. The number of ether oxygens (including phenoxy) is 1. The second-order valence-corrected chi connectivity index (χ2v) is 4.68. The lowest BCUT2D eigenvalue weighted by Crippen LogP contribution is -2.36. The summed E-state index contributed by atoms with van der Waals surface area (Å²) in [6.07, 6.45) is 0. The molecule has 0 atom stereocenters. The Kier molecular flexibility index (Phi) is 5.58. The molecule has 14 heavy (non-hydrogen) atoms. The van der Waals surface area contributed by atoms with Gasteiger partial charge in [0.05, 0.1) is 11.6 Å². The molecule has 0 saturated heterocycles. The van der Waals surface area contributed by atoms with Gasteiger partial charge < -0.3 is 10.5 Å². The van der Waals surface area contributed by atoms with Crippen molar-refractivity contribution in [3.05, 3.63) is 0 Å². The Bertz CT molecular complexity index is 312. The van der Waals surface area contributed by atoms with Gasteiger partial charge in [-0.2, -0.15) is 0 Å². The molecule has 0 aromatic heterocycles. The third kappa shape index (κ3) is 6.75. The van der Waals surface area contributed by atoms with Crippen molar-refractivity contribution in [2.24, 2.45) is 5.73 Å². The molecule has 0 rings (SSSR count). The van der Waals surface area contributed by atoms with E-state index in [2.05, 4.69) is 17.0 Å². The van der Waals surface area contributed by atoms with Gasteiger partial charge in [0.2, 0.25) is 10.0 Å². The molecule has 0 aliphatic rings. The lowest BCUT2D eigenvalue weighted by atomic mass is 10.7. The van der Waals surface area contributed by atoms with Gasteiger partial charge in [0.25, 0.3) is 0 Å². The smallest absolute Gasteiger partial charge is 0.320 e. The zero-order chi connectivity index (χ0) is 11.2. The second-order valence-electron chi connectivity index (χ2n) is 2.35. The van der Waals surface area contributed by atoms with Crippen LogP contribution in [0.4, 0.5) is 0 Å². The number of hydrogen-bond donors (Lipinski definition) is 2. The van der Waals surface area contributed by atoms with Gasteiger partial charge in [-0.25, -0.2) is 13.1 Å². The van der Waals surface area contributed by atoms with Crippen LogP contribution in [0, 0.1) is 0 Å². The Morgan fingerprint density at radius 2 is 2.14 bits per heavy atom. The molecule has 0 aliphatic carbocycles. The van der Waals surface area contributed by atoms with Crippen LogP contribution in [0.5, 0.6) is 0 Å². The molecule has 0 heterocycles. The van der Waals surface area contributed by atoms with Crippen molar-refractivity contribution in [3.8, 4) is 0 Å². The molecule has 0 fully saturated rings. The van der Waals surface area contributed by atoms with Crippen LogP contribution in [0.3, 0.4) is 0 Å². The molecule has 0 bridgehead atoms. The zero-order valence-corrected chi connectivity index (χ0v) is 9.28. The lowest BCUT2D eigenvalue weighted by molar-refractivity contribution is -0.141. The van der Waals surface area contributed by atoms with Gasteiger partial charge in [-0.1, -0.05) is 12.2 Å². The van der Waals surface area contributed by atoms with Crippen LogP contribution in [-0.4, -0.2) is 38.3 Å². The van der Waals surface area contributed by atoms with Gasteiger partial charge >= 0.3 is 5.97 Å². The number of carbonyl (C=O) groups is 1. The van der Waals surface area contributed by atoms with Crippen molar-refractivity contribution in [2.45, 2.75) is 6.92 Å². The maximum Gasteiger partial charge on any atom is 0.320 e. The number of carbonyl (C=O) groups excluding carboxylic acids is 1. The summed E-state index contributed by atoms with van der Waals surface area (Å²) in [5.74, 6) is -1.11. The molecule has 0 radical (unpaired) electrons. The average molecular weight is 240 g/mol. The molecule has 0 saturated carbocycles. The highest BCUT2D eigenvalue weighted by molar-refractivity contribution is 7.92. The molecular weight excluding hydrogens is 228 g/mol. The summed E-state index contributed by atoms with van der Waals surface area (Å²) in [5.41, 5.74) is 5.04. The van der Waals surface area contributed by atoms with Gasteiger partial charge in [0.1, 0.15) is 12.3 Å². The molecule has 8 heteroatoms. The monoisotopic (exact) mass is 240 g/mol. The lowest BCUT2D eigenvalue weighted by Gasteiger charge is -2.04.